The van der Waals surface area contributed by atoms with Crippen LogP contribution in [-0.4, -0.2) is 36.6 Å². The molecule has 2 saturated carbocycles. The summed E-state index contributed by atoms with van der Waals surface area (Å²) in [5.41, 5.74) is 0. The van der Waals surface area contributed by atoms with E-state index in [1.165, 1.54) is 71.0 Å². The van der Waals surface area contributed by atoms with Crippen LogP contribution < -0.4 is 5.32 Å². The molecule has 0 spiro atoms. The Morgan fingerprint density at radius 1 is 0.875 bits per heavy atom. The summed E-state index contributed by atoms with van der Waals surface area (Å²) in [4.78, 5) is 2.89. The molecule has 3 aliphatic rings. The van der Waals surface area contributed by atoms with Gasteiger partial charge in [-0.2, -0.15) is 0 Å². The number of hydrogen-bond donors (Lipinski definition) is 1. The molecule has 3 rings (SSSR count). The second kappa shape index (κ2) is 5.05. The number of rotatable bonds is 2. The van der Waals surface area contributed by atoms with Crippen LogP contribution in [-0.2, 0) is 0 Å². The molecular weight excluding hydrogens is 196 g/mol. The van der Waals surface area contributed by atoms with Gasteiger partial charge < -0.3 is 5.32 Å². The minimum Gasteiger partial charge on any atom is -0.314 e. The van der Waals surface area contributed by atoms with Gasteiger partial charge in [0.25, 0.3) is 0 Å². The van der Waals surface area contributed by atoms with Gasteiger partial charge >= 0.3 is 0 Å². The van der Waals surface area contributed by atoms with Crippen LogP contribution in [0.25, 0.3) is 0 Å². The quantitative estimate of drug-likeness (QED) is 0.772. The second-order valence-corrected chi connectivity index (χ2v) is 5.99. The SMILES string of the molecule is C1CCC(C2CNCCN2C2CCCC2)C1. The standard InChI is InChI=1S/C14H26N2/c1-2-6-12(5-1)14-11-15-9-10-16(14)13-7-3-4-8-13/h12-15H,1-11H2. The summed E-state index contributed by atoms with van der Waals surface area (Å²) >= 11 is 0. The van der Waals surface area contributed by atoms with Crippen molar-refractivity contribution in [3.8, 4) is 0 Å². The molecule has 0 aromatic rings. The molecule has 1 aliphatic heterocycles. The maximum absolute atomic E-state index is 3.62. The Morgan fingerprint density at radius 3 is 2.31 bits per heavy atom. The Labute approximate surface area is 99.8 Å². The first kappa shape index (κ1) is 11.0. The zero-order valence-corrected chi connectivity index (χ0v) is 10.5. The molecule has 92 valence electrons. The molecule has 0 aromatic heterocycles. The third kappa shape index (κ3) is 2.14. The van der Waals surface area contributed by atoms with E-state index in [1.807, 2.05) is 0 Å². The van der Waals surface area contributed by atoms with E-state index >= 15 is 0 Å². The van der Waals surface area contributed by atoms with Crippen LogP contribution in [0.4, 0.5) is 0 Å². The number of piperazine rings is 1. The molecule has 1 N–H and O–H groups in total. The Kier molecular flexibility index (Phi) is 3.49. The predicted octanol–water partition coefficient (Wildman–Crippen LogP) is 2.39. The molecule has 1 unspecified atom stereocenters. The average molecular weight is 222 g/mol. The minimum absolute atomic E-state index is 0.874. The van der Waals surface area contributed by atoms with Crippen LogP contribution in [0.3, 0.4) is 0 Å². The van der Waals surface area contributed by atoms with Crippen LogP contribution in [0.2, 0.25) is 0 Å². The summed E-state index contributed by atoms with van der Waals surface area (Å²) in [5, 5.41) is 3.62. The Morgan fingerprint density at radius 2 is 1.56 bits per heavy atom. The fourth-order valence-electron chi connectivity index (χ4n) is 4.21. The van der Waals surface area contributed by atoms with Gasteiger partial charge in [0.1, 0.15) is 0 Å². The van der Waals surface area contributed by atoms with Gasteiger partial charge in [-0.3, -0.25) is 4.90 Å². The summed E-state index contributed by atoms with van der Waals surface area (Å²) in [6.45, 7) is 3.80. The van der Waals surface area contributed by atoms with Crippen LogP contribution in [0.15, 0.2) is 0 Å². The van der Waals surface area contributed by atoms with Crippen molar-refractivity contribution >= 4 is 0 Å². The fourth-order valence-corrected chi connectivity index (χ4v) is 4.21. The van der Waals surface area contributed by atoms with E-state index in [4.69, 9.17) is 0 Å². The van der Waals surface area contributed by atoms with E-state index in [2.05, 4.69) is 10.2 Å². The smallest absolute Gasteiger partial charge is 0.0252 e. The minimum atomic E-state index is 0.874. The molecular formula is C14H26N2. The zero-order valence-electron chi connectivity index (χ0n) is 10.5. The average Bonchev–Trinajstić information content (AvgIpc) is 3.03. The van der Waals surface area contributed by atoms with Gasteiger partial charge in [0.15, 0.2) is 0 Å². The van der Waals surface area contributed by atoms with Crippen molar-refractivity contribution < 1.29 is 0 Å². The van der Waals surface area contributed by atoms with Crippen LogP contribution in [0, 0.1) is 5.92 Å². The highest BCUT2D eigenvalue weighted by Crippen LogP contribution is 2.34. The van der Waals surface area contributed by atoms with Crippen LogP contribution in [0.1, 0.15) is 51.4 Å². The van der Waals surface area contributed by atoms with Crippen LogP contribution >= 0.6 is 0 Å². The van der Waals surface area contributed by atoms with Gasteiger partial charge in [-0.15, -0.1) is 0 Å². The largest absolute Gasteiger partial charge is 0.314 e. The second-order valence-electron chi connectivity index (χ2n) is 5.99. The summed E-state index contributed by atoms with van der Waals surface area (Å²) in [6.07, 6.45) is 11.9. The molecule has 0 bridgehead atoms. The van der Waals surface area contributed by atoms with Crippen molar-refractivity contribution in [2.45, 2.75) is 63.5 Å². The lowest BCUT2D eigenvalue weighted by molar-refractivity contribution is 0.0707. The van der Waals surface area contributed by atoms with Crippen molar-refractivity contribution in [3.63, 3.8) is 0 Å². The van der Waals surface area contributed by atoms with Gasteiger partial charge in [0, 0.05) is 31.7 Å². The van der Waals surface area contributed by atoms with Crippen molar-refractivity contribution in [2.24, 2.45) is 5.92 Å². The van der Waals surface area contributed by atoms with Crippen molar-refractivity contribution in [1.82, 2.24) is 10.2 Å². The molecule has 0 aromatic carbocycles. The summed E-state index contributed by atoms with van der Waals surface area (Å²) < 4.78 is 0. The van der Waals surface area contributed by atoms with E-state index in [0.717, 1.165) is 18.0 Å². The van der Waals surface area contributed by atoms with Gasteiger partial charge in [0.05, 0.1) is 0 Å². The van der Waals surface area contributed by atoms with E-state index in [-0.39, 0.29) is 0 Å². The highest BCUT2D eigenvalue weighted by Gasteiger charge is 2.35. The fraction of sp³-hybridized carbons (Fsp3) is 1.00. The molecule has 2 nitrogen and oxygen atoms in total. The number of nitrogens with one attached hydrogen (secondary N) is 1. The number of hydrogen-bond acceptors (Lipinski definition) is 2. The first-order chi connectivity index (χ1) is 7.95. The van der Waals surface area contributed by atoms with Gasteiger partial charge in [0.2, 0.25) is 0 Å². The third-order valence-electron chi connectivity index (χ3n) is 5.06. The third-order valence-corrected chi connectivity index (χ3v) is 5.06. The Hall–Kier alpha value is -0.0800. The van der Waals surface area contributed by atoms with E-state index in [9.17, 15) is 0 Å². The molecule has 3 fully saturated rings. The van der Waals surface area contributed by atoms with Gasteiger partial charge in [-0.25, -0.2) is 0 Å². The molecule has 1 atom stereocenters. The molecule has 2 heteroatoms. The highest BCUT2D eigenvalue weighted by atomic mass is 15.2. The van der Waals surface area contributed by atoms with Crippen molar-refractivity contribution in [1.29, 1.82) is 0 Å². The monoisotopic (exact) mass is 222 g/mol. The highest BCUT2D eigenvalue weighted by molar-refractivity contribution is 4.92. The molecule has 1 heterocycles. The molecule has 2 aliphatic carbocycles. The first-order valence-electron chi connectivity index (χ1n) is 7.41. The molecule has 0 radical (unpaired) electrons. The Bertz CT molecular complexity index is 193. The lowest BCUT2D eigenvalue weighted by Crippen LogP contribution is -2.57. The van der Waals surface area contributed by atoms with E-state index < -0.39 is 0 Å². The molecule has 0 amide bonds. The lowest BCUT2D eigenvalue weighted by atomic mass is 9.93. The predicted molar refractivity (Wildman–Crippen MR) is 67.6 cm³/mol. The summed E-state index contributed by atoms with van der Waals surface area (Å²) in [5.74, 6) is 1.01. The molecule has 16 heavy (non-hydrogen) atoms. The van der Waals surface area contributed by atoms with Crippen molar-refractivity contribution in [2.75, 3.05) is 19.6 Å². The van der Waals surface area contributed by atoms with E-state index in [0.29, 0.717) is 0 Å². The topological polar surface area (TPSA) is 15.3 Å². The first-order valence-corrected chi connectivity index (χ1v) is 7.41. The van der Waals surface area contributed by atoms with Crippen molar-refractivity contribution in [3.05, 3.63) is 0 Å². The maximum atomic E-state index is 3.62. The van der Waals surface area contributed by atoms with Gasteiger partial charge in [-0.1, -0.05) is 25.7 Å². The lowest BCUT2D eigenvalue weighted by Gasteiger charge is -2.43. The van der Waals surface area contributed by atoms with Crippen LogP contribution in [0.5, 0.6) is 0 Å². The Balaban J connectivity index is 1.67. The van der Waals surface area contributed by atoms with E-state index in [1.54, 1.807) is 0 Å². The summed E-state index contributed by atoms with van der Waals surface area (Å²) in [6, 6.07) is 1.81. The molecule has 1 saturated heterocycles. The maximum Gasteiger partial charge on any atom is 0.0252 e. The summed E-state index contributed by atoms with van der Waals surface area (Å²) in [7, 11) is 0. The number of nitrogens with zero attached hydrogens (tertiary/aromatic N) is 1. The zero-order chi connectivity index (χ0) is 10.8. The van der Waals surface area contributed by atoms with Gasteiger partial charge in [-0.05, 0) is 31.6 Å². The normalized spacial score (nSPS) is 34.9.